The predicted octanol–water partition coefficient (Wildman–Crippen LogP) is 4.53. The highest BCUT2D eigenvalue weighted by Crippen LogP contribution is 2.15. The molecule has 0 aromatic carbocycles. The smallest absolute Gasteiger partial charge is 0.220 e. The van der Waals surface area contributed by atoms with Crippen LogP contribution in [0.15, 0.2) is 0 Å². The van der Waals surface area contributed by atoms with Crippen molar-refractivity contribution in [3.8, 4) is 0 Å². The average Bonchev–Trinajstić information content (AvgIpc) is 2.47. The molecule has 21 heavy (non-hydrogen) atoms. The molecule has 0 fully saturated rings. The first-order chi connectivity index (χ1) is 10.2. The third-order valence-corrected chi connectivity index (χ3v) is 4.32. The first-order valence-corrected chi connectivity index (χ1v) is 9.21. The summed E-state index contributed by atoms with van der Waals surface area (Å²) in [6.45, 7) is 2.83. The molecule has 0 saturated carbocycles. The lowest BCUT2D eigenvalue weighted by Gasteiger charge is -2.11. The maximum absolute atomic E-state index is 11.2. The lowest BCUT2D eigenvalue weighted by molar-refractivity contribution is -0.122. The lowest BCUT2D eigenvalue weighted by Crippen LogP contribution is -2.25. The monoisotopic (exact) mass is 298 g/mol. The number of amides is 1. The van der Waals surface area contributed by atoms with Crippen LogP contribution in [0, 0.1) is 5.92 Å². The minimum Gasteiger partial charge on any atom is -0.369 e. The second kappa shape index (κ2) is 15.8. The Morgan fingerprint density at radius 3 is 1.57 bits per heavy atom. The van der Waals surface area contributed by atoms with Crippen molar-refractivity contribution in [1.29, 1.82) is 0 Å². The summed E-state index contributed by atoms with van der Waals surface area (Å²) < 4.78 is 0. The maximum atomic E-state index is 11.2. The molecule has 0 aromatic rings. The molecule has 3 nitrogen and oxygen atoms in total. The van der Waals surface area contributed by atoms with Gasteiger partial charge in [0.15, 0.2) is 0 Å². The van der Waals surface area contributed by atoms with E-state index >= 15 is 0 Å². The first kappa shape index (κ1) is 20.4. The van der Waals surface area contributed by atoms with Gasteiger partial charge < -0.3 is 11.5 Å². The van der Waals surface area contributed by atoms with Crippen LogP contribution in [0.1, 0.15) is 96.8 Å². The molecule has 0 aromatic heterocycles. The Bertz CT molecular complexity index is 231. The first-order valence-electron chi connectivity index (χ1n) is 9.21. The minimum absolute atomic E-state index is 0.00174. The summed E-state index contributed by atoms with van der Waals surface area (Å²) in [5.41, 5.74) is 10.9. The van der Waals surface area contributed by atoms with Gasteiger partial charge in [0.25, 0.3) is 0 Å². The molecule has 0 aliphatic carbocycles. The Labute approximate surface area is 132 Å². The molecule has 1 amide bonds. The van der Waals surface area contributed by atoms with E-state index in [0.717, 1.165) is 19.3 Å². The van der Waals surface area contributed by atoms with E-state index in [1.807, 2.05) is 0 Å². The van der Waals surface area contributed by atoms with Crippen molar-refractivity contribution in [1.82, 2.24) is 0 Å². The predicted molar refractivity (Wildman–Crippen MR) is 92.1 cm³/mol. The Hall–Kier alpha value is -0.570. The zero-order chi connectivity index (χ0) is 15.8. The number of nitrogens with two attached hydrogens (primary N) is 2. The summed E-state index contributed by atoms with van der Waals surface area (Å²) in [5.74, 6) is -0.179. The van der Waals surface area contributed by atoms with Crippen molar-refractivity contribution in [3.63, 3.8) is 0 Å². The number of hydrogen-bond acceptors (Lipinski definition) is 2. The summed E-state index contributed by atoms with van der Waals surface area (Å²) in [6.07, 6.45) is 17.8. The molecular weight excluding hydrogens is 260 g/mol. The molecule has 0 radical (unpaired) electrons. The topological polar surface area (TPSA) is 69.1 Å². The third-order valence-electron chi connectivity index (χ3n) is 4.32. The van der Waals surface area contributed by atoms with Crippen LogP contribution < -0.4 is 11.5 Å². The molecule has 3 heteroatoms. The number of unbranched alkanes of at least 4 members (excludes halogenated alkanes) is 11. The lowest BCUT2D eigenvalue weighted by atomic mass is 9.96. The quantitative estimate of drug-likeness (QED) is 0.411. The highest BCUT2D eigenvalue weighted by molar-refractivity contribution is 5.76. The van der Waals surface area contributed by atoms with Crippen molar-refractivity contribution in [3.05, 3.63) is 0 Å². The zero-order valence-electron chi connectivity index (χ0n) is 14.2. The van der Waals surface area contributed by atoms with Gasteiger partial charge in [-0.05, 0) is 19.4 Å². The molecule has 1 atom stereocenters. The largest absolute Gasteiger partial charge is 0.369 e. The van der Waals surface area contributed by atoms with Gasteiger partial charge in [-0.1, -0.05) is 84.0 Å². The Morgan fingerprint density at radius 2 is 1.19 bits per heavy atom. The van der Waals surface area contributed by atoms with Crippen molar-refractivity contribution >= 4 is 5.91 Å². The van der Waals surface area contributed by atoms with E-state index in [9.17, 15) is 4.79 Å². The van der Waals surface area contributed by atoms with Crippen molar-refractivity contribution in [2.75, 3.05) is 6.54 Å². The Balaban J connectivity index is 3.23. The van der Waals surface area contributed by atoms with Crippen LogP contribution in [-0.4, -0.2) is 12.5 Å². The van der Waals surface area contributed by atoms with Gasteiger partial charge >= 0.3 is 0 Å². The average molecular weight is 299 g/mol. The fraction of sp³-hybridized carbons (Fsp3) is 0.944. The van der Waals surface area contributed by atoms with Crippen LogP contribution in [-0.2, 0) is 4.79 Å². The van der Waals surface area contributed by atoms with Gasteiger partial charge in [-0.2, -0.15) is 0 Å². The van der Waals surface area contributed by atoms with Gasteiger partial charge in [0.1, 0.15) is 0 Å². The summed E-state index contributed by atoms with van der Waals surface area (Å²) >= 11 is 0. The molecule has 0 aliphatic heterocycles. The van der Waals surface area contributed by atoms with E-state index in [2.05, 4.69) is 6.92 Å². The SMILES string of the molecule is CCCCCCCCCCCCCCC(CCN)C(N)=O. The van der Waals surface area contributed by atoms with Gasteiger partial charge in [-0.15, -0.1) is 0 Å². The Kier molecular flexibility index (Phi) is 15.4. The number of rotatable bonds is 16. The summed E-state index contributed by atoms with van der Waals surface area (Å²) in [5, 5.41) is 0. The molecule has 4 N–H and O–H groups in total. The van der Waals surface area contributed by atoms with Crippen molar-refractivity contribution in [2.24, 2.45) is 17.4 Å². The van der Waals surface area contributed by atoms with E-state index in [1.165, 1.54) is 70.6 Å². The molecule has 0 heterocycles. The molecule has 0 rings (SSSR count). The fourth-order valence-electron chi connectivity index (χ4n) is 2.86. The van der Waals surface area contributed by atoms with Crippen LogP contribution >= 0.6 is 0 Å². The molecule has 0 aliphatic rings. The normalized spacial score (nSPS) is 12.5. The molecule has 126 valence electrons. The van der Waals surface area contributed by atoms with Gasteiger partial charge in [0.2, 0.25) is 5.91 Å². The fourth-order valence-corrected chi connectivity index (χ4v) is 2.86. The van der Waals surface area contributed by atoms with Crippen LogP contribution in [0.5, 0.6) is 0 Å². The van der Waals surface area contributed by atoms with E-state index in [1.54, 1.807) is 0 Å². The summed E-state index contributed by atoms with van der Waals surface area (Å²) in [7, 11) is 0. The van der Waals surface area contributed by atoms with Crippen LogP contribution in [0.25, 0.3) is 0 Å². The molecular formula is C18H38N2O. The van der Waals surface area contributed by atoms with Gasteiger partial charge in [0, 0.05) is 5.92 Å². The molecule has 0 spiro atoms. The molecule has 0 saturated heterocycles. The van der Waals surface area contributed by atoms with E-state index in [4.69, 9.17) is 11.5 Å². The van der Waals surface area contributed by atoms with Crippen molar-refractivity contribution in [2.45, 2.75) is 96.8 Å². The van der Waals surface area contributed by atoms with Crippen molar-refractivity contribution < 1.29 is 4.79 Å². The second-order valence-corrected chi connectivity index (χ2v) is 6.35. The third kappa shape index (κ3) is 14.1. The standard InChI is InChI=1S/C18H38N2O/c1-2-3-4-5-6-7-8-9-10-11-12-13-14-17(15-16-19)18(20)21/h17H,2-16,19H2,1H3,(H2,20,21). The van der Waals surface area contributed by atoms with Crippen LogP contribution in [0.3, 0.4) is 0 Å². The second-order valence-electron chi connectivity index (χ2n) is 6.35. The minimum atomic E-state index is -0.177. The number of hydrogen-bond donors (Lipinski definition) is 2. The summed E-state index contributed by atoms with van der Waals surface area (Å²) in [4.78, 5) is 11.2. The van der Waals surface area contributed by atoms with Crippen LogP contribution in [0.4, 0.5) is 0 Å². The molecule has 1 unspecified atom stereocenters. The number of carbonyl (C=O) groups excluding carboxylic acids is 1. The van der Waals surface area contributed by atoms with Gasteiger partial charge in [0.05, 0.1) is 0 Å². The van der Waals surface area contributed by atoms with Gasteiger partial charge in [-0.3, -0.25) is 4.79 Å². The highest BCUT2D eigenvalue weighted by atomic mass is 16.1. The maximum Gasteiger partial charge on any atom is 0.220 e. The number of carbonyl (C=O) groups is 1. The zero-order valence-corrected chi connectivity index (χ0v) is 14.2. The van der Waals surface area contributed by atoms with E-state index in [0.29, 0.717) is 6.54 Å². The van der Waals surface area contributed by atoms with E-state index < -0.39 is 0 Å². The summed E-state index contributed by atoms with van der Waals surface area (Å²) in [6, 6.07) is 0. The highest BCUT2D eigenvalue weighted by Gasteiger charge is 2.13. The van der Waals surface area contributed by atoms with Gasteiger partial charge in [-0.25, -0.2) is 0 Å². The van der Waals surface area contributed by atoms with E-state index in [-0.39, 0.29) is 11.8 Å². The number of primary amides is 1. The Morgan fingerprint density at radius 1 is 0.762 bits per heavy atom. The van der Waals surface area contributed by atoms with Crippen LogP contribution in [0.2, 0.25) is 0 Å². The molecule has 0 bridgehead atoms.